The van der Waals surface area contributed by atoms with Crippen molar-refractivity contribution in [2.24, 2.45) is 0 Å². The molecule has 5 nitrogen and oxygen atoms in total. The normalized spacial score (nSPS) is 24.9. The van der Waals surface area contributed by atoms with E-state index >= 15 is 0 Å². The third kappa shape index (κ3) is 11.0. The highest BCUT2D eigenvalue weighted by atomic mass is 33.1. The number of hydrogen-bond acceptors (Lipinski definition) is 7. The molecule has 2 aliphatic rings. The molecule has 2 saturated heterocycles. The van der Waals surface area contributed by atoms with Crippen molar-refractivity contribution >= 4 is 27.6 Å². The lowest BCUT2D eigenvalue weighted by Gasteiger charge is -2.33. The van der Waals surface area contributed by atoms with Gasteiger partial charge in [0, 0.05) is 37.1 Å². The summed E-state index contributed by atoms with van der Waals surface area (Å²) in [6.45, 7) is 11.2. The molecule has 0 aromatic carbocycles. The van der Waals surface area contributed by atoms with Crippen molar-refractivity contribution in [2.75, 3.05) is 32.2 Å². The van der Waals surface area contributed by atoms with E-state index in [2.05, 4.69) is 20.8 Å². The molecule has 0 aromatic heterocycles. The van der Waals surface area contributed by atoms with Gasteiger partial charge in [0.05, 0.1) is 24.9 Å². The van der Waals surface area contributed by atoms with Gasteiger partial charge in [0.1, 0.15) is 5.60 Å². The van der Waals surface area contributed by atoms with E-state index in [1.807, 2.05) is 28.5 Å². The van der Waals surface area contributed by atoms with Crippen LogP contribution in [0.4, 0.5) is 0 Å². The minimum absolute atomic E-state index is 0.0661. The minimum atomic E-state index is -0.458. The van der Waals surface area contributed by atoms with Crippen LogP contribution in [0.3, 0.4) is 0 Å². The molecule has 0 N–H and O–H groups in total. The average molecular weight is 491 g/mol. The summed E-state index contributed by atoms with van der Waals surface area (Å²) in [5, 5.41) is 0.781. The van der Waals surface area contributed by atoms with Gasteiger partial charge in [0.15, 0.2) is 0 Å². The molecule has 0 aliphatic carbocycles. The van der Waals surface area contributed by atoms with E-state index in [0.29, 0.717) is 26.2 Å². The first-order valence-corrected chi connectivity index (χ1v) is 15.1. The number of ether oxygens (including phenoxy) is 4. The fraction of sp³-hybridized carbons (Fsp3) is 0.960. The Morgan fingerprint density at radius 2 is 1.84 bits per heavy atom. The number of carbonyl (C=O) groups excluding carboxylic acids is 1. The Kier molecular flexibility index (Phi) is 13.4. The van der Waals surface area contributed by atoms with Gasteiger partial charge in [-0.25, -0.2) is 0 Å². The summed E-state index contributed by atoms with van der Waals surface area (Å²) in [6, 6.07) is 0. The van der Waals surface area contributed by atoms with E-state index in [1.54, 1.807) is 0 Å². The SMILES string of the molecule is CCC(C)(CCOCC1CCCO1)OCCC(C)(CC)OC(=O)CCCCC1CCSS1. The van der Waals surface area contributed by atoms with Gasteiger partial charge in [0.25, 0.3) is 0 Å². The van der Waals surface area contributed by atoms with Crippen molar-refractivity contribution in [3.8, 4) is 0 Å². The molecule has 2 fully saturated rings. The second-order valence-corrected chi connectivity index (χ2v) is 12.5. The van der Waals surface area contributed by atoms with Crippen LogP contribution in [0, 0.1) is 0 Å². The highest BCUT2D eigenvalue weighted by Crippen LogP contribution is 2.40. The predicted molar refractivity (Wildman–Crippen MR) is 135 cm³/mol. The third-order valence-electron chi connectivity index (χ3n) is 6.92. The highest BCUT2D eigenvalue weighted by molar-refractivity contribution is 8.77. The second-order valence-electron chi connectivity index (χ2n) is 9.71. The Morgan fingerprint density at radius 1 is 1.06 bits per heavy atom. The molecule has 2 rings (SSSR count). The van der Waals surface area contributed by atoms with Crippen molar-refractivity contribution in [3.05, 3.63) is 0 Å². The molecule has 0 radical (unpaired) electrons. The Morgan fingerprint density at radius 3 is 2.50 bits per heavy atom. The average Bonchev–Trinajstić information content (AvgIpc) is 3.48. The standard InChI is InChI=1S/C25H46O5S2/c1-5-24(3,14-17-27-20-21-10-9-16-28-21)29-18-15-25(4,6-2)30-23(26)12-8-7-11-22-13-19-31-32-22/h21-22H,5-20H2,1-4H3. The number of hydrogen-bond donors (Lipinski definition) is 0. The molecular formula is C25H46O5S2. The van der Waals surface area contributed by atoms with Crippen LogP contribution >= 0.6 is 21.6 Å². The summed E-state index contributed by atoms with van der Waals surface area (Å²) in [4.78, 5) is 12.4. The molecule has 32 heavy (non-hydrogen) atoms. The Bertz CT molecular complexity index is 522. The van der Waals surface area contributed by atoms with E-state index in [4.69, 9.17) is 18.9 Å². The van der Waals surface area contributed by atoms with Gasteiger partial charge in [-0.3, -0.25) is 4.79 Å². The summed E-state index contributed by atoms with van der Waals surface area (Å²) in [5.41, 5.74) is -0.675. The molecule has 4 unspecified atom stereocenters. The van der Waals surface area contributed by atoms with Gasteiger partial charge in [-0.1, -0.05) is 41.9 Å². The van der Waals surface area contributed by atoms with Crippen LogP contribution in [0.2, 0.25) is 0 Å². The van der Waals surface area contributed by atoms with Gasteiger partial charge in [0.2, 0.25) is 0 Å². The first kappa shape index (κ1) is 28.3. The van der Waals surface area contributed by atoms with E-state index in [0.717, 1.165) is 63.2 Å². The van der Waals surface area contributed by atoms with Crippen LogP contribution in [-0.2, 0) is 23.7 Å². The Hall–Kier alpha value is 0.0500. The summed E-state index contributed by atoms with van der Waals surface area (Å²) in [6.07, 6.45) is 10.9. The zero-order chi connectivity index (χ0) is 23.3. The zero-order valence-electron chi connectivity index (χ0n) is 20.8. The summed E-state index contributed by atoms with van der Waals surface area (Å²) < 4.78 is 23.6. The van der Waals surface area contributed by atoms with Gasteiger partial charge in [-0.2, -0.15) is 0 Å². The number of rotatable bonds is 17. The quantitative estimate of drug-likeness (QED) is 0.130. The lowest BCUT2D eigenvalue weighted by atomic mass is 9.97. The van der Waals surface area contributed by atoms with Crippen LogP contribution < -0.4 is 0 Å². The zero-order valence-corrected chi connectivity index (χ0v) is 22.5. The molecule has 7 heteroatoms. The Balaban J connectivity index is 1.61. The molecule has 4 atom stereocenters. The molecule has 2 heterocycles. The summed E-state index contributed by atoms with van der Waals surface area (Å²) >= 11 is 0. The topological polar surface area (TPSA) is 54.0 Å². The van der Waals surface area contributed by atoms with E-state index < -0.39 is 5.60 Å². The van der Waals surface area contributed by atoms with Gasteiger partial charge in [-0.05, 0) is 65.2 Å². The Labute approximate surface area is 204 Å². The fourth-order valence-electron chi connectivity index (χ4n) is 3.97. The monoisotopic (exact) mass is 490 g/mol. The largest absolute Gasteiger partial charge is 0.459 e. The first-order chi connectivity index (χ1) is 15.4. The molecule has 0 bridgehead atoms. The van der Waals surface area contributed by atoms with Crippen molar-refractivity contribution < 1.29 is 23.7 Å². The van der Waals surface area contributed by atoms with Crippen LogP contribution in [0.15, 0.2) is 0 Å². The van der Waals surface area contributed by atoms with Crippen LogP contribution in [0.5, 0.6) is 0 Å². The van der Waals surface area contributed by atoms with E-state index in [9.17, 15) is 4.79 Å². The number of esters is 1. The maximum absolute atomic E-state index is 12.4. The fourth-order valence-corrected chi connectivity index (χ4v) is 7.00. The van der Waals surface area contributed by atoms with Crippen LogP contribution in [-0.4, -0.2) is 60.7 Å². The van der Waals surface area contributed by atoms with E-state index in [-0.39, 0.29) is 17.7 Å². The van der Waals surface area contributed by atoms with Crippen molar-refractivity contribution in [2.45, 2.75) is 121 Å². The lowest BCUT2D eigenvalue weighted by molar-refractivity contribution is -0.162. The molecule has 0 spiro atoms. The third-order valence-corrected chi connectivity index (χ3v) is 9.93. The maximum atomic E-state index is 12.4. The lowest BCUT2D eigenvalue weighted by Crippen LogP contribution is -2.36. The predicted octanol–water partition coefficient (Wildman–Crippen LogP) is 6.57. The van der Waals surface area contributed by atoms with Crippen molar-refractivity contribution in [3.63, 3.8) is 0 Å². The molecule has 0 saturated carbocycles. The number of unbranched alkanes of at least 4 members (excludes halogenated alkanes) is 1. The summed E-state index contributed by atoms with van der Waals surface area (Å²) in [5.74, 6) is 1.21. The molecule has 2 aliphatic heterocycles. The van der Waals surface area contributed by atoms with Crippen LogP contribution in [0.25, 0.3) is 0 Å². The van der Waals surface area contributed by atoms with Gasteiger partial charge < -0.3 is 18.9 Å². The minimum Gasteiger partial charge on any atom is -0.459 e. The van der Waals surface area contributed by atoms with E-state index in [1.165, 1.54) is 18.6 Å². The van der Waals surface area contributed by atoms with Crippen LogP contribution in [0.1, 0.15) is 98.3 Å². The maximum Gasteiger partial charge on any atom is 0.306 e. The molecular weight excluding hydrogens is 444 g/mol. The first-order valence-electron chi connectivity index (χ1n) is 12.7. The number of carbonyl (C=O) groups is 1. The molecule has 188 valence electrons. The van der Waals surface area contributed by atoms with Crippen molar-refractivity contribution in [1.29, 1.82) is 0 Å². The highest BCUT2D eigenvalue weighted by Gasteiger charge is 2.29. The molecule has 0 aromatic rings. The van der Waals surface area contributed by atoms with Gasteiger partial charge in [-0.15, -0.1) is 0 Å². The second kappa shape index (κ2) is 15.1. The summed E-state index contributed by atoms with van der Waals surface area (Å²) in [7, 11) is 3.99. The molecule has 0 amide bonds. The van der Waals surface area contributed by atoms with Gasteiger partial charge >= 0.3 is 5.97 Å². The smallest absolute Gasteiger partial charge is 0.306 e. The van der Waals surface area contributed by atoms with Crippen molar-refractivity contribution in [1.82, 2.24) is 0 Å².